The molecule has 0 bridgehead atoms. The fraction of sp³-hybridized carbons (Fsp3) is 0.462. The third-order valence-corrected chi connectivity index (χ3v) is 4.41. The average Bonchev–Trinajstić information content (AvgIpc) is 2.27. The Hall–Kier alpha value is -1.40. The zero-order chi connectivity index (χ0) is 14.5. The van der Waals surface area contributed by atoms with E-state index in [1.54, 1.807) is 19.1 Å². The van der Waals surface area contributed by atoms with Crippen LogP contribution in [0, 0.1) is 19.3 Å². The van der Waals surface area contributed by atoms with Gasteiger partial charge in [-0.3, -0.25) is 5.41 Å². The Morgan fingerprint density at radius 2 is 2.00 bits per heavy atom. The molecule has 0 amide bonds. The lowest BCUT2D eigenvalue weighted by Gasteiger charge is -2.09. The first-order valence-corrected chi connectivity index (χ1v) is 7.71. The van der Waals surface area contributed by atoms with Crippen molar-refractivity contribution in [3.8, 4) is 0 Å². The van der Waals surface area contributed by atoms with E-state index >= 15 is 0 Å². The molecule has 19 heavy (non-hydrogen) atoms. The van der Waals surface area contributed by atoms with Crippen LogP contribution in [0.2, 0.25) is 0 Å². The molecular weight excluding hydrogens is 262 g/mol. The van der Waals surface area contributed by atoms with Crippen LogP contribution in [0.3, 0.4) is 0 Å². The first-order valence-electron chi connectivity index (χ1n) is 6.23. The molecule has 0 aromatic heterocycles. The van der Waals surface area contributed by atoms with E-state index in [4.69, 9.17) is 11.1 Å². The Kier molecular flexibility index (Phi) is 5.50. The van der Waals surface area contributed by atoms with Gasteiger partial charge in [-0.25, -0.2) is 13.1 Å². The molecule has 0 unspecified atom stereocenters. The molecule has 0 saturated heterocycles. The number of unbranched alkanes of at least 4 members (excludes halogenated alkanes) is 1. The van der Waals surface area contributed by atoms with Gasteiger partial charge in [-0.15, -0.1) is 0 Å². The molecule has 0 fully saturated rings. The molecule has 0 aliphatic rings. The molecule has 6 heteroatoms. The summed E-state index contributed by atoms with van der Waals surface area (Å²) in [6.45, 7) is 4.08. The normalized spacial score (nSPS) is 11.5. The van der Waals surface area contributed by atoms with E-state index in [9.17, 15) is 8.42 Å². The quantitative estimate of drug-likeness (QED) is 0.403. The SMILES string of the molecule is Cc1ccc(S(=O)(=O)NCCCCC(=N)N)c(C)c1. The fourth-order valence-electron chi connectivity index (χ4n) is 1.83. The summed E-state index contributed by atoms with van der Waals surface area (Å²) in [5, 5.41) is 7.07. The summed E-state index contributed by atoms with van der Waals surface area (Å²) >= 11 is 0. The molecule has 0 heterocycles. The van der Waals surface area contributed by atoms with Gasteiger partial charge in [-0.2, -0.15) is 0 Å². The summed E-state index contributed by atoms with van der Waals surface area (Å²) in [6, 6.07) is 5.27. The van der Waals surface area contributed by atoms with Crippen molar-refractivity contribution in [3.63, 3.8) is 0 Å². The summed E-state index contributed by atoms with van der Waals surface area (Å²) in [5.41, 5.74) is 7.02. The number of hydrogen-bond donors (Lipinski definition) is 3. The van der Waals surface area contributed by atoms with Gasteiger partial charge in [-0.1, -0.05) is 17.7 Å². The van der Waals surface area contributed by atoms with E-state index in [-0.39, 0.29) is 5.84 Å². The standard InChI is InChI=1S/C13H21N3O2S/c1-10-6-7-12(11(2)9-10)19(17,18)16-8-4-3-5-13(14)15/h6-7,9,16H,3-5,8H2,1-2H3,(H3,14,15). The molecule has 1 aromatic rings. The predicted octanol–water partition coefficient (Wildman–Crippen LogP) is 1.69. The highest BCUT2D eigenvalue weighted by molar-refractivity contribution is 7.89. The van der Waals surface area contributed by atoms with Crippen molar-refractivity contribution in [3.05, 3.63) is 29.3 Å². The second-order valence-electron chi connectivity index (χ2n) is 4.65. The number of aryl methyl sites for hydroxylation is 2. The van der Waals surface area contributed by atoms with Gasteiger partial charge < -0.3 is 5.73 Å². The lowest BCUT2D eigenvalue weighted by Crippen LogP contribution is -2.25. The zero-order valence-electron chi connectivity index (χ0n) is 11.4. The van der Waals surface area contributed by atoms with Crippen LogP contribution in [-0.4, -0.2) is 20.8 Å². The van der Waals surface area contributed by atoms with Gasteiger partial charge in [0.2, 0.25) is 10.0 Å². The smallest absolute Gasteiger partial charge is 0.240 e. The molecule has 5 nitrogen and oxygen atoms in total. The number of hydrogen-bond acceptors (Lipinski definition) is 3. The molecule has 0 spiro atoms. The lowest BCUT2D eigenvalue weighted by atomic mass is 10.2. The van der Waals surface area contributed by atoms with Crippen LogP contribution in [0.25, 0.3) is 0 Å². The molecule has 0 aliphatic carbocycles. The average molecular weight is 283 g/mol. The lowest BCUT2D eigenvalue weighted by molar-refractivity contribution is 0.577. The van der Waals surface area contributed by atoms with Crippen molar-refractivity contribution < 1.29 is 8.42 Å². The van der Waals surface area contributed by atoms with Crippen molar-refractivity contribution in [1.82, 2.24) is 4.72 Å². The fourth-order valence-corrected chi connectivity index (χ4v) is 3.12. The zero-order valence-corrected chi connectivity index (χ0v) is 12.2. The minimum absolute atomic E-state index is 0.136. The topological polar surface area (TPSA) is 96.0 Å². The Labute approximate surface area is 114 Å². The van der Waals surface area contributed by atoms with Gasteiger partial charge in [0.05, 0.1) is 10.7 Å². The third kappa shape index (κ3) is 5.00. The van der Waals surface area contributed by atoms with Gasteiger partial charge in [0.25, 0.3) is 0 Å². The van der Waals surface area contributed by atoms with Crippen molar-refractivity contribution in [1.29, 1.82) is 5.41 Å². The first-order chi connectivity index (χ1) is 8.83. The first kappa shape index (κ1) is 15.7. The molecular formula is C13H21N3O2S. The molecule has 0 saturated carbocycles. The largest absolute Gasteiger partial charge is 0.388 e. The maximum atomic E-state index is 12.1. The van der Waals surface area contributed by atoms with E-state index in [1.807, 2.05) is 13.0 Å². The molecule has 4 N–H and O–H groups in total. The van der Waals surface area contributed by atoms with E-state index in [0.717, 1.165) is 11.1 Å². The van der Waals surface area contributed by atoms with Crippen molar-refractivity contribution in [2.45, 2.75) is 38.0 Å². The Morgan fingerprint density at radius 3 is 2.58 bits per heavy atom. The number of nitrogens with two attached hydrogens (primary N) is 1. The van der Waals surface area contributed by atoms with Crippen molar-refractivity contribution in [2.75, 3.05) is 6.54 Å². The van der Waals surface area contributed by atoms with E-state index in [2.05, 4.69) is 4.72 Å². The molecule has 0 aliphatic heterocycles. The number of sulfonamides is 1. The Balaban J connectivity index is 2.59. The number of benzene rings is 1. The summed E-state index contributed by atoms with van der Waals surface area (Å²) < 4.78 is 26.7. The van der Waals surface area contributed by atoms with E-state index < -0.39 is 10.0 Å². The van der Waals surface area contributed by atoms with Gasteiger partial charge in [0.1, 0.15) is 0 Å². The summed E-state index contributed by atoms with van der Waals surface area (Å²) in [5.74, 6) is 0.136. The van der Waals surface area contributed by atoms with Gasteiger partial charge in [0.15, 0.2) is 0 Å². The molecule has 0 atom stereocenters. The summed E-state index contributed by atoms with van der Waals surface area (Å²) in [4.78, 5) is 0.324. The second-order valence-corrected chi connectivity index (χ2v) is 6.38. The maximum Gasteiger partial charge on any atom is 0.240 e. The number of rotatable bonds is 7. The van der Waals surface area contributed by atoms with Crippen LogP contribution < -0.4 is 10.5 Å². The number of amidine groups is 1. The molecule has 1 rings (SSSR count). The Morgan fingerprint density at radius 1 is 1.32 bits per heavy atom. The van der Waals surface area contributed by atoms with Crippen LogP contribution in [0.4, 0.5) is 0 Å². The predicted molar refractivity (Wildman–Crippen MR) is 76.9 cm³/mol. The highest BCUT2D eigenvalue weighted by Crippen LogP contribution is 2.16. The van der Waals surface area contributed by atoms with Crippen molar-refractivity contribution in [2.24, 2.45) is 5.73 Å². The third-order valence-electron chi connectivity index (χ3n) is 2.78. The highest BCUT2D eigenvalue weighted by Gasteiger charge is 2.15. The summed E-state index contributed by atoms with van der Waals surface area (Å²) in [7, 11) is -3.44. The summed E-state index contributed by atoms with van der Waals surface area (Å²) in [6.07, 6.45) is 1.89. The van der Waals surface area contributed by atoms with Gasteiger partial charge in [-0.05, 0) is 38.3 Å². The monoisotopic (exact) mass is 283 g/mol. The molecule has 0 radical (unpaired) electrons. The van der Waals surface area contributed by atoms with Gasteiger partial charge in [0, 0.05) is 13.0 Å². The second kappa shape index (κ2) is 6.68. The van der Waals surface area contributed by atoms with Crippen LogP contribution in [0.1, 0.15) is 30.4 Å². The van der Waals surface area contributed by atoms with Crippen LogP contribution in [0.5, 0.6) is 0 Å². The molecule has 106 valence electrons. The van der Waals surface area contributed by atoms with E-state index in [0.29, 0.717) is 30.7 Å². The minimum Gasteiger partial charge on any atom is -0.388 e. The van der Waals surface area contributed by atoms with Crippen LogP contribution in [-0.2, 0) is 10.0 Å². The number of nitrogens with one attached hydrogen (secondary N) is 2. The van der Waals surface area contributed by atoms with Crippen LogP contribution >= 0.6 is 0 Å². The van der Waals surface area contributed by atoms with Crippen LogP contribution in [0.15, 0.2) is 23.1 Å². The Bertz CT molecular complexity index is 553. The maximum absolute atomic E-state index is 12.1. The molecule has 1 aromatic carbocycles. The van der Waals surface area contributed by atoms with E-state index in [1.165, 1.54) is 0 Å². The van der Waals surface area contributed by atoms with Crippen molar-refractivity contribution >= 4 is 15.9 Å². The minimum atomic E-state index is -3.44. The highest BCUT2D eigenvalue weighted by atomic mass is 32.2. The van der Waals surface area contributed by atoms with Gasteiger partial charge >= 0.3 is 0 Å².